The fourth-order valence-corrected chi connectivity index (χ4v) is 1.69. The quantitative estimate of drug-likeness (QED) is 0.829. The summed E-state index contributed by atoms with van der Waals surface area (Å²) in [5.41, 5.74) is 6.99. The predicted molar refractivity (Wildman–Crippen MR) is 74.7 cm³/mol. The van der Waals surface area contributed by atoms with Crippen molar-refractivity contribution in [2.75, 3.05) is 17.6 Å². The Hall–Kier alpha value is -2.43. The highest BCUT2D eigenvalue weighted by molar-refractivity contribution is 5.89. The lowest BCUT2D eigenvalue weighted by atomic mass is 10.3. The van der Waals surface area contributed by atoms with E-state index in [2.05, 4.69) is 5.32 Å². The maximum absolute atomic E-state index is 12.1. The van der Waals surface area contributed by atoms with Crippen molar-refractivity contribution in [3.05, 3.63) is 48.4 Å². The summed E-state index contributed by atoms with van der Waals surface area (Å²) in [5, 5.41) is 2.82. The van der Waals surface area contributed by atoms with Crippen LogP contribution in [0, 0.1) is 0 Å². The largest absolute Gasteiger partial charge is 0.467 e. The van der Waals surface area contributed by atoms with E-state index in [1.807, 2.05) is 13.0 Å². The van der Waals surface area contributed by atoms with E-state index >= 15 is 0 Å². The molecule has 19 heavy (non-hydrogen) atoms. The summed E-state index contributed by atoms with van der Waals surface area (Å²) in [6, 6.07) is 10.5. The SMILES string of the molecule is CCN(Cc1ccco1)C(=O)Nc1ccc(N)cc1. The monoisotopic (exact) mass is 259 g/mol. The molecule has 2 amide bonds. The molecule has 3 N–H and O–H groups in total. The summed E-state index contributed by atoms with van der Waals surface area (Å²) in [5.74, 6) is 0.759. The molecule has 0 radical (unpaired) electrons. The van der Waals surface area contributed by atoms with Crippen LogP contribution in [0.4, 0.5) is 16.2 Å². The summed E-state index contributed by atoms with van der Waals surface area (Å²) in [6.45, 7) is 2.97. The molecular formula is C14H17N3O2. The third kappa shape index (κ3) is 3.51. The molecule has 0 unspecified atom stereocenters. The second-order valence-corrected chi connectivity index (χ2v) is 4.15. The van der Waals surface area contributed by atoms with Crippen molar-refractivity contribution >= 4 is 17.4 Å². The number of carbonyl (C=O) groups excluding carboxylic acids is 1. The van der Waals surface area contributed by atoms with Gasteiger partial charge in [0.2, 0.25) is 0 Å². The van der Waals surface area contributed by atoms with Gasteiger partial charge in [0.05, 0.1) is 12.8 Å². The average molecular weight is 259 g/mol. The molecule has 0 saturated heterocycles. The normalized spacial score (nSPS) is 10.2. The van der Waals surface area contributed by atoms with Crippen molar-refractivity contribution in [2.24, 2.45) is 0 Å². The third-order valence-corrected chi connectivity index (χ3v) is 2.76. The highest BCUT2D eigenvalue weighted by Crippen LogP contribution is 2.12. The fourth-order valence-electron chi connectivity index (χ4n) is 1.69. The van der Waals surface area contributed by atoms with Gasteiger partial charge in [0.1, 0.15) is 5.76 Å². The number of anilines is 2. The molecule has 5 nitrogen and oxygen atoms in total. The highest BCUT2D eigenvalue weighted by Gasteiger charge is 2.13. The van der Waals surface area contributed by atoms with Crippen LogP contribution >= 0.6 is 0 Å². The number of nitrogens with two attached hydrogens (primary N) is 1. The van der Waals surface area contributed by atoms with E-state index in [0.29, 0.717) is 18.8 Å². The van der Waals surface area contributed by atoms with Crippen LogP contribution in [-0.4, -0.2) is 17.5 Å². The van der Waals surface area contributed by atoms with Crippen LogP contribution in [0.15, 0.2) is 47.1 Å². The first-order valence-corrected chi connectivity index (χ1v) is 6.13. The topological polar surface area (TPSA) is 71.5 Å². The predicted octanol–water partition coefficient (Wildman–Crippen LogP) is 2.92. The highest BCUT2D eigenvalue weighted by atomic mass is 16.3. The van der Waals surface area contributed by atoms with Crippen molar-refractivity contribution in [1.29, 1.82) is 0 Å². The zero-order valence-corrected chi connectivity index (χ0v) is 10.8. The van der Waals surface area contributed by atoms with Gasteiger partial charge in [0, 0.05) is 17.9 Å². The van der Waals surface area contributed by atoms with Crippen molar-refractivity contribution in [1.82, 2.24) is 4.90 Å². The number of rotatable bonds is 4. The standard InChI is InChI=1S/C14H17N3O2/c1-2-17(10-13-4-3-9-19-13)14(18)16-12-7-5-11(15)6-8-12/h3-9H,2,10,15H2,1H3,(H,16,18). The fraction of sp³-hybridized carbons (Fsp3) is 0.214. The van der Waals surface area contributed by atoms with Crippen LogP contribution in [0.1, 0.15) is 12.7 Å². The van der Waals surface area contributed by atoms with Crippen LogP contribution in [-0.2, 0) is 6.54 Å². The lowest BCUT2D eigenvalue weighted by molar-refractivity contribution is 0.207. The summed E-state index contributed by atoms with van der Waals surface area (Å²) in [7, 11) is 0. The van der Waals surface area contributed by atoms with Crippen LogP contribution in [0.2, 0.25) is 0 Å². The van der Waals surface area contributed by atoms with Crippen LogP contribution in [0.3, 0.4) is 0 Å². The molecule has 1 aromatic carbocycles. The molecule has 0 bridgehead atoms. The number of urea groups is 1. The van der Waals surface area contributed by atoms with Crippen molar-refractivity contribution in [3.8, 4) is 0 Å². The molecule has 100 valence electrons. The van der Waals surface area contributed by atoms with Gasteiger partial charge in [-0.25, -0.2) is 4.79 Å². The molecule has 0 spiro atoms. The third-order valence-electron chi connectivity index (χ3n) is 2.76. The molecule has 2 aromatic rings. The molecule has 0 aliphatic rings. The Bertz CT molecular complexity index is 520. The molecule has 1 heterocycles. The lowest BCUT2D eigenvalue weighted by Crippen LogP contribution is -2.34. The molecule has 5 heteroatoms. The van der Waals surface area contributed by atoms with E-state index in [-0.39, 0.29) is 6.03 Å². The van der Waals surface area contributed by atoms with Gasteiger partial charge in [-0.1, -0.05) is 0 Å². The van der Waals surface area contributed by atoms with Gasteiger partial charge in [0.15, 0.2) is 0 Å². The Morgan fingerprint density at radius 2 is 2.05 bits per heavy atom. The maximum atomic E-state index is 12.1. The number of hydrogen-bond acceptors (Lipinski definition) is 3. The molecule has 0 fully saturated rings. The minimum absolute atomic E-state index is 0.163. The van der Waals surface area contributed by atoms with Crippen molar-refractivity contribution in [3.63, 3.8) is 0 Å². The molecule has 0 aliphatic heterocycles. The van der Waals surface area contributed by atoms with Crippen molar-refractivity contribution in [2.45, 2.75) is 13.5 Å². The van der Waals surface area contributed by atoms with Gasteiger partial charge in [-0.2, -0.15) is 0 Å². The van der Waals surface area contributed by atoms with E-state index in [0.717, 1.165) is 11.4 Å². The molecule has 0 saturated carbocycles. The van der Waals surface area contributed by atoms with Gasteiger partial charge in [-0.3, -0.25) is 0 Å². The number of benzene rings is 1. The van der Waals surface area contributed by atoms with E-state index in [9.17, 15) is 4.79 Å². The van der Waals surface area contributed by atoms with E-state index in [4.69, 9.17) is 10.2 Å². The Labute approximate surface area is 112 Å². The van der Waals surface area contributed by atoms with Crippen LogP contribution < -0.4 is 11.1 Å². The van der Waals surface area contributed by atoms with Gasteiger partial charge >= 0.3 is 6.03 Å². The van der Waals surface area contributed by atoms with Crippen LogP contribution in [0.5, 0.6) is 0 Å². The maximum Gasteiger partial charge on any atom is 0.322 e. The smallest absolute Gasteiger partial charge is 0.322 e. The van der Waals surface area contributed by atoms with E-state index in [1.165, 1.54) is 0 Å². The zero-order valence-electron chi connectivity index (χ0n) is 10.8. The molecular weight excluding hydrogens is 242 g/mol. The number of nitrogen functional groups attached to an aromatic ring is 1. The Morgan fingerprint density at radius 1 is 1.32 bits per heavy atom. The summed E-state index contributed by atoms with van der Waals surface area (Å²) in [6.07, 6.45) is 1.60. The summed E-state index contributed by atoms with van der Waals surface area (Å²) >= 11 is 0. The van der Waals surface area contributed by atoms with Crippen molar-refractivity contribution < 1.29 is 9.21 Å². The number of hydrogen-bond donors (Lipinski definition) is 2. The number of nitrogens with zero attached hydrogens (tertiary/aromatic N) is 1. The van der Waals surface area contributed by atoms with Crippen LogP contribution in [0.25, 0.3) is 0 Å². The number of amides is 2. The molecule has 0 atom stereocenters. The average Bonchev–Trinajstić information content (AvgIpc) is 2.91. The summed E-state index contributed by atoms with van der Waals surface area (Å²) < 4.78 is 5.24. The number of furan rings is 1. The lowest BCUT2D eigenvalue weighted by Gasteiger charge is -2.20. The molecule has 0 aliphatic carbocycles. The second-order valence-electron chi connectivity index (χ2n) is 4.15. The number of carbonyl (C=O) groups is 1. The first-order chi connectivity index (χ1) is 9.19. The Balaban J connectivity index is 1.98. The van der Waals surface area contributed by atoms with Gasteiger partial charge < -0.3 is 20.4 Å². The first-order valence-electron chi connectivity index (χ1n) is 6.13. The van der Waals surface area contributed by atoms with E-state index in [1.54, 1.807) is 41.5 Å². The second kappa shape index (κ2) is 5.95. The van der Waals surface area contributed by atoms with Gasteiger partial charge in [-0.05, 0) is 43.3 Å². The van der Waals surface area contributed by atoms with E-state index < -0.39 is 0 Å². The van der Waals surface area contributed by atoms with Gasteiger partial charge in [-0.15, -0.1) is 0 Å². The molecule has 2 rings (SSSR count). The minimum Gasteiger partial charge on any atom is -0.467 e. The first kappa shape index (κ1) is 13.0. The minimum atomic E-state index is -0.163. The number of nitrogens with one attached hydrogen (secondary N) is 1. The Morgan fingerprint density at radius 3 is 2.63 bits per heavy atom. The Kier molecular flexibility index (Phi) is 4.07. The zero-order chi connectivity index (χ0) is 13.7. The summed E-state index contributed by atoms with van der Waals surface area (Å²) in [4.78, 5) is 13.8. The van der Waals surface area contributed by atoms with Gasteiger partial charge in [0.25, 0.3) is 0 Å². The molecule has 1 aromatic heterocycles.